The van der Waals surface area contributed by atoms with Gasteiger partial charge in [0, 0.05) is 10.0 Å². The van der Waals surface area contributed by atoms with E-state index in [9.17, 15) is 4.79 Å². The first kappa shape index (κ1) is 8.51. The number of carbonyl (C=O) groups excluding carboxylic acids is 1. The highest BCUT2D eigenvalue weighted by Crippen LogP contribution is 2.29. The summed E-state index contributed by atoms with van der Waals surface area (Å²) in [4.78, 5) is 11.5. The van der Waals surface area contributed by atoms with E-state index in [0.29, 0.717) is 23.5 Å². The fourth-order valence-electron chi connectivity index (χ4n) is 1.22. The zero-order valence-corrected chi connectivity index (χ0v) is 8.43. The molecule has 3 heteroatoms. The van der Waals surface area contributed by atoms with E-state index in [1.54, 1.807) is 12.1 Å². The lowest BCUT2D eigenvalue weighted by atomic mass is 10.0. The van der Waals surface area contributed by atoms with Crippen molar-refractivity contribution in [3.05, 3.63) is 40.4 Å². The highest BCUT2D eigenvalue weighted by atomic mass is 79.9. The van der Waals surface area contributed by atoms with Crippen molar-refractivity contribution in [2.24, 2.45) is 0 Å². The standard InChI is InChI=1S/C10H7BrO2/c1-6-5-13-9-4-7(11)2-3-8(9)10(6)12/h2-4H,1,5H2. The smallest absolute Gasteiger partial charge is 0.195 e. The number of hydrogen-bond donors (Lipinski definition) is 0. The van der Waals surface area contributed by atoms with Gasteiger partial charge in [-0.1, -0.05) is 22.5 Å². The van der Waals surface area contributed by atoms with Gasteiger partial charge >= 0.3 is 0 Å². The van der Waals surface area contributed by atoms with E-state index in [-0.39, 0.29) is 5.78 Å². The van der Waals surface area contributed by atoms with E-state index in [1.807, 2.05) is 6.07 Å². The van der Waals surface area contributed by atoms with Crippen molar-refractivity contribution in [1.82, 2.24) is 0 Å². The fourth-order valence-corrected chi connectivity index (χ4v) is 1.56. The highest BCUT2D eigenvalue weighted by Gasteiger charge is 2.21. The molecule has 1 aliphatic rings. The third-order valence-electron chi connectivity index (χ3n) is 1.91. The maximum atomic E-state index is 11.5. The Hall–Kier alpha value is -1.09. The molecule has 0 saturated carbocycles. The van der Waals surface area contributed by atoms with Gasteiger partial charge in [-0.25, -0.2) is 0 Å². The van der Waals surface area contributed by atoms with Crippen molar-refractivity contribution in [2.45, 2.75) is 0 Å². The Morgan fingerprint density at radius 1 is 1.46 bits per heavy atom. The molecule has 0 spiro atoms. The largest absolute Gasteiger partial charge is 0.488 e. The quantitative estimate of drug-likeness (QED) is 0.650. The molecule has 0 bridgehead atoms. The van der Waals surface area contributed by atoms with E-state index in [0.717, 1.165) is 4.47 Å². The average molecular weight is 239 g/mol. The minimum absolute atomic E-state index is 0.0197. The number of fused-ring (bicyclic) bond motifs is 1. The summed E-state index contributed by atoms with van der Waals surface area (Å²) in [5.74, 6) is 0.612. The van der Waals surface area contributed by atoms with Gasteiger partial charge in [0.2, 0.25) is 0 Å². The van der Waals surface area contributed by atoms with E-state index in [1.165, 1.54) is 0 Å². The summed E-state index contributed by atoms with van der Waals surface area (Å²) in [6.45, 7) is 3.92. The number of benzene rings is 1. The Bertz CT molecular complexity index is 396. The van der Waals surface area contributed by atoms with Crippen LogP contribution in [0, 0.1) is 0 Å². The first-order valence-corrected chi connectivity index (χ1v) is 4.62. The molecule has 0 amide bonds. The van der Waals surface area contributed by atoms with Crippen LogP contribution in [0.25, 0.3) is 0 Å². The van der Waals surface area contributed by atoms with Crippen LogP contribution in [0.2, 0.25) is 0 Å². The Morgan fingerprint density at radius 3 is 3.00 bits per heavy atom. The van der Waals surface area contributed by atoms with Crippen LogP contribution < -0.4 is 4.74 Å². The third-order valence-corrected chi connectivity index (χ3v) is 2.40. The average Bonchev–Trinajstić information content (AvgIpc) is 2.12. The van der Waals surface area contributed by atoms with Crippen LogP contribution in [0.15, 0.2) is 34.8 Å². The summed E-state index contributed by atoms with van der Waals surface area (Å²) >= 11 is 3.31. The number of Topliss-reactive ketones (excluding diaryl/α,β-unsaturated/α-hetero) is 1. The molecular weight excluding hydrogens is 232 g/mol. The molecule has 2 rings (SSSR count). The van der Waals surface area contributed by atoms with Crippen LogP contribution in [0.1, 0.15) is 10.4 Å². The first-order valence-electron chi connectivity index (χ1n) is 3.83. The van der Waals surface area contributed by atoms with Gasteiger partial charge in [-0.05, 0) is 18.2 Å². The minimum Gasteiger partial charge on any atom is -0.488 e. The highest BCUT2D eigenvalue weighted by molar-refractivity contribution is 9.10. The Labute approximate surface area is 84.3 Å². The molecule has 1 aromatic rings. The monoisotopic (exact) mass is 238 g/mol. The molecule has 0 aliphatic carbocycles. The van der Waals surface area contributed by atoms with Crippen LogP contribution >= 0.6 is 15.9 Å². The summed E-state index contributed by atoms with van der Waals surface area (Å²) in [5, 5.41) is 0. The van der Waals surface area contributed by atoms with Gasteiger partial charge in [0.15, 0.2) is 5.78 Å². The molecule has 0 unspecified atom stereocenters. The third kappa shape index (κ3) is 1.40. The Balaban J connectivity index is 2.56. The SMILES string of the molecule is C=C1COc2cc(Br)ccc2C1=O. The number of hydrogen-bond acceptors (Lipinski definition) is 2. The van der Waals surface area contributed by atoms with E-state index >= 15 is 0 Å². The summed E-state index contributed by atoms with van der Waals surface area (Å²) in [6.07, 6.45) is 0. The molecule has 0 radical (unpaired) electrons. The van der Waals surface area contributed by atoms with Crippen molar-refractivity contribution < 1.29 is 9.53 Å². The van der Waals surface area contributed by atoms with E-state index < -0.39 is 0 Å². The Kier molecular flexibility index (Phi) is 1.96. The molecule has 13 heavy (non-hydrogen) atoms. The second kappa shape index (κ2) is 3.00. The maximum absolute atomic E-state index is 11.5. The van der Waals surface area contributed by atoms with E-state index in [4.69, 9.17) is 4.74 Å². The topological polar surface area (TPSA) is 26.3 Å². The van der Waals surface area contributed by atoms with Crippen molar-refractivity contribution >= 4 is 21.7 Å². The fraction of sp³-hybridized carbons (Fsp3) is 0.100. The van der Waals surface area contributed by atoms with Crippen molar-refractivity contribution in [2.75, 3.05) is 6.61 Å². The lowest BCUT2D eigenvalue weighted by Gasteiger charge is -2.17. The summed E-state index contributed by atoms with van der Waals surface area (Å²) < 4.78 is 6.25. The molecule has 1 heterocycles. The minimum atomic E-state index is -0.0197. The number of halogens is 1. The molecule has 0 N–H and O–H groups in total. The second-order valence-electron chi connectivity index (χ2n) is 2.86. The van der Waals surface area contributed by atoms with Crippen LogP contribution in [-0.2, 0) is 0 Å². The van der Waals surface area contributed by atoms with Gasteiger partial charge in [0.1, 0.15) is 12.4 Å². The van der Waals surface area contributed by atoms with Gasteiger partial charge in [-0.2, -0.15) is 0 Å². The lowest BCUT2D eigenvalue weighted by Crippen LogP contribution is -2.17. The van der Waals surface area contributed by atoms with Crippen molar-refractivity contribution in [3.8, 4) is 5.75 Å². The zero-order chi connectivity index (χ0) is 9.42. The van der Waals surface area contributed by atoms with E-state index in [2.05, 4.69) is 22.5 Å². The lowest BCUT2D eigenvalue weighted by molar-refractivity contribution is 0.1000. The van der Waals surface area contributed by atoms with Gasteiger partial charge < -0.3 is 4.74 Å². The summed E-state index contributed by atoms with van der Waals surface area (Å²) in [7, 11) is 0. The molecule has 2 nitrogen and oxygen atoms in total. The van der Waals surface area contributed by atoms with Gasteiger partial charge in [0.05, 0.1) is 5.56 Å². The van der Waals surface area contributed by atoms with Crippen LogP contribution in [0.4, 0.5) is 0 Å². The molecule has 0 atom stereocenters. The van der Waals surface area contributed by atoms with Crippen LogP contribution in [-0.4, -0.2) is 12.4 Å². The van der Waals surface area contributed by atoms with Crippen LogP contribution in [0.5, 0.6) is 5.75 Å². The zero-order valence-electron chi connectivity index (χ0n) is 6.84. The maximum Gasteiger partial charge on any atom is 0.195 e. The molecular formula is C10H7BrO2. The predicted octanol–water partition coefficient (Wildman–Crippen LogP) is 2.58. The number of ether oxygens (including phenoxy) is 1. The van der Waals surface area contributed by atoms with Gasteiger partial charge in [-0.15, -0.1) is 0 Å². The number of ketones is 1. The molecule has 0 aromatic heterocycles. The van der Waals surface area contributed by atoms with Crippen molar-refractivity contribution in [1.29, 1.82) is 0 Å². The van der Waals surface area contributed by atoms with Gasteiger partial charge in [-0.3, -0.25) is 4.79 Å². The molecule has 1 aliphatic heterocycles. The predicted molar refractivity (Wildman–Crippen MR) is 53.1 cm³/mol. The normalized spacial score (nSPS) is 15.2. The number of carbonyl (C=O) groups is 1. The molecule has 66 valence electrons. The van der Waals surface area contributed by atoms with Crippen molar-refractivity contribution in [3.63, 3.8) is 0 Å². The molecule has 0 fully saturated rings. The summed E-state index contributed by atoms with van der Waals surface area (Å²) in [6, 6.07) is 5.35. The summed E-state index contributed by atoms with van der Waals surface area (Å²) in [5.41, 5.74) is 1.11. The first-order chi connectivity index (χ1) is 6.18. The molecule has 0 saturated heterocycles. The Morgan fingerprint density at radius 2 is 2.23 bits per heavy atom. The van der Waals surface area contributed by atoms with Crippen LogP contribution in [0.3, 0.4) is 0 Å². The second-order valence-corrected chi connectivity index (χ2v) is 3.78. The molecule has 1 aromatic carbocycles. The number of rotatable bonds is 0. The van der Waals surface area contributed by atoms with Gasteiger partial charge in [0.25, 0.3) is 0 Å².